The number of hydrogen-bond donors (Lipinski definition) is 0. The van der Waals surface area contributed by atoms with Gasteiger partial charge in [0.2, 0.25) is 0 Å². The number of piperidine rings is 1. The predicted molar refractivity (Wildman–Crippen MR) is 54.8 cm³/mol. The maximum Gasteiger partial charge on any atom is 0.134 e. The van der Waals surface area contributed by atoms with Gasteiger partial charge in [0.1, 0.15) is 5.78 Å². The fourth-order valence-electron chi connectivity index (χ4n) is 2.05. The number of ketones is 1. The third kappa shape index (κ3) is 3.47. The summed E-state index contributed by atoms with van der Waals surface area (Å²) in [7, 11) is 2.14. The van der Waals surface area contributed by atoms with Crippen LogP contribution in [-0.4, -0.2) is 30.3 Å². The minimum absolute atomic E-state index is 0.446. The number of Topliss-reactive ketones (excluding diaryl/α,β-unsaturated/α-hetero) is 1. The van der Waals surface area contributed by atoms with E-state index in [0.29, 0.717) is 11.8 Å². The summed E-state index contributed by atoms with van der Waals surface area (Å²) in [6.45, 7) is 3.24. The first-order chi connectivity index (χ1) is 6.24. The van der Waals surface area contributed by atoms with Gasteiger partial charge in [-0.2, -0.15) is 0 Å². The second kappa shape index (κ2) is 5.38. The number of carbonyl (C=O) groups is 1. The quantitative estimate of drug-likeness (QED) is 0.666. The Bertz CT molecular complexity index is 167. The molecule has 1 unspecified atom stereocenters. The first kappa shape index (κ1) is 10.7. The van der Waals surface area contributed by atoms with Gasteiger partial charge >= 0.3 is 0 Å². The number of nitrogens with zero attached hydrogens (tertiary/aromatic N) is 1. The number of rotatable bonds is 4. The van der Waals surface area contributed by atoms with Crippen molar-refractivity contribution >= 4 is 5.78 Å². The lowest BCUT2D eigenvalue weighted by atomic mass is 9.97. The van der Waals surface area contributed by atoms with Gasteiger partial charge in [0, 0.05) is 18.9 Å². The zero-order valence-electron chi connectivity index (χ0n) is 8.88. The fourth-order valence-corrected chi connectivity index (χ4v) is 2.05. The van der Waals surface area contributed by atoms with E-state index in [1.165, 1.54) is 25.8 Å². The van der Waals surface area contributed by atoms with Crippen molar-refractivity contribution in [2.24, 2.45) is 0 Å². The van der Waals surface area contributed by atoms with Gasteiger partial charge in [-0.05, 0) is 32.9 Å². The summed E-state index contributed by atoms with van der Waals surface area (Å²) in [6, 6.07) is 0.535. The van der Waals surface area contributed by atoms with Gasteiger partial charge in [-0.25, -0.2) is 0 Å². The largest absolute Gasteiger partial charge is 0.303 e. The van der Waals surface area contributed by atoms with Crippen molar-refractivity contribution in [3.8, 4) is 0 Å². The fraction of sp³-hybridized carbons (Fsp3) is 0.909. The molecule has 76 valence electrons. The van der Waals surface area contributed by atoms with Crippen LogP contribution in [0, 0.1) is 0 Å². The molecule has 1 aliphatic heterocycles. The van der Waals surface area contributed by atoms with E-state index in [1.54, 1.807) is 0 Å². The maximum absolute atomic E-state index is 11.4. The maximum atomic E-state index is 11.4. The Morgan fingerprint density at radius 1 is 1.46 bits per heavy atom. The van der Waals surface area contributed by atoms with E-state index in [9.17, 15) is 4.79 Å². The standard InChI is InChI=1S/C11H21NO/c1-3-6-11(13)9-10-7-4-5-8-12(10)2/h10H,3-9H2,1-2H3. The van der Waals surface area contributed by atoms with Crippen LogP contribution in [0.15, 0.2) is 0 Å². The SMILES string of the molecule is CCCC(=O)CC1CCCCN1C. The molecule has 1 heterocycles. The molecule has 1 saturated heterocycles. The Balaban J connectivity index is 2.29. The molecule has 0 radical (unpaired) electrons. The Hall–Kier alpha value is -0.370. The molecule has 1 aliphatic rings. The molecule has 2 heteroatoms. The van der Waals surface area contributed by atoms with Crippen LogP contribution in [-0.2, 0) is 4.79 Å². The average Bonchev–Trinajstić information content (AvgIpc) is 2.09. The first-order valence-corrected chi connectivity index (χ1v) is 5.46. The molecule has 13 heavy (non-hydrogen) atoms. The minimum atomic E-state index is 0.446. The summed E-state index contributed by atoms with van der Waals surface area (Å²) in [5, 5.41) is 0. The molecule has 0 aromatic rings. The van der Waals surface area contributed by atoms with Crippen LogP contribution in [0.25, 0.3) is 0 Å². The lowest BCUT2D eigenvalue weighted by Crippen LogP contribution is -2.37. The van der Waals surface area contributed by atoms with E-state index in [-0.39, 0.29) is 0 Å². The molecule has 0 aromatic carbocycles. The summed E-state index contributed by atoms with van der Waals surface area (Å²) in [6.07, 6.45) is 6.36. The minimum Gasteiger partial charge on any atom is -0.303 e. The Morgan fingerprint density at radius 2 is 2.23 bits per heavy atom. The van der Waals surface area contributed by atoms with Gasteiger partial charge in [-0.3, -0.25) is 4.79 Å². The third-order valence-electron chi connectivity index (χ3n) is 2.91. The van der Waals surface area contributed by atoms with E-state index < -0.39 is 0 Å². The van der Waals surface area contributed by atoms with Crippen molar-refractivity contribution in [3.63, 3.8) is 0 Å². The van der Waals surface area contributed by atoms with E-state index in [2.05, 4.69) is 18.9 Å². The van der Waals surface area contributed by atoms with Gasteiger partial charge in [0.15, 0.2) is 0 Å². The molecule has 1 fully saturated rings. The van der Waals surface area contributed by atoms with Crippen molar-refractivity contribution in [1.82, 2.24) is 4.90 Å². The molecular weight excluding hydrogens is 162 g/mol. The summed E-state index contributed by atoms with van der Waals surface area (Å²) in [5.41, 5.74) is 0. The van der Waals surface area contributed by atoms with Crippen LogP contribution >= 0.6 is 0 Å². The molecule has 0 saturated carbocycles. The normalized spacial score (nSPS) is 24.6. The summed E-state index contributed by atoms with van der Waals surface area (Å²) in [4.78, 5) is 13.8. The molecule has 0 aromatic heterocycles. The van der Waals surface area contributed by atoms with Crippen LogP contribution in [0.2, 0.25) is 0 Å². The van der Waals surface area contributed by atoms with Crippen molar-refractivity contribution < 1.29 is 4.79 Å². The first-order valence-electron chi connectivity index (χ1n) is 5.46. The van der Waals surface area contributed by atoms with E-state index in [1.807, 2.05) is 0 Å². The highest BCUT2D eigenvalue weighted by molar-refractivity contribution is 5.78. The Labute approximate surface area is 81.3 Å². The molecule has 0 aliphatic carbocycles. The van der Waals surface area contributed by atoms with Crippen LogP contribution in [0.5, 0.6) is 0 Å². The predicted octanol–water partition coefficient (Wildman–Crippen LogP) is 2.23. The molecular formula is C11H21NO. The Kier molecular flexibility index (Phi) is 4.43. The van der Waals surface area contributed by atoms with Gasteiger partial charge in [-0.15, -0.1) is 0 Å². The molecule has 0 N–H and O–H groups in total. The second-order valence-electron chi connectivity index (χ2n) is 4.12. The average molecular weight is 183 g/mol. The molecule has 0 bridgehead atoms. The van der Waals surface area contributed by atoms with Crippen molar-refractivity contribution in [1.29, 1.82) is 0 Å². The van der Waals surface area contributed by atoms with Crippen molar-refractivity contribution in [2.45, 2.75) is 51.5 Å². The summed E-state index contributed by atoms with van der Waals surface area (Å²) in [5.74, 6) is 0.446. The van der Waals surface area contributed by atoms with Crippen molar-refractivity contribution in [3.05, 3.63) is 0 Å². The van der Waals surface area contributed by atoms with Crippen LogP contribution in [0.4, 0.5) is 0 Å². The van der Waals surface area contributed by atoms with Gasteiger partial charge < -0.3 is 4.90 Å². The molecule has 1 atom stereocenters. The smallest absolute Gasteiger partial charge is 0.134 e. The molecule has 0 amide bonds. The molecule has 0 spiro atoms. The van der Waals surface area contributed by atoms with Crippen LogP contribution in [0.1, 0.15) is 45.4 Å². The highest BCUT2D eigenvalue weighted by atomic mass is 16.1. The monoisotopic (exact) mass is 183 g/mol. The van der Waals surface area contributed by atoms with Crippen LogP contribution in [0.3, 0.4) is 0 Å². The number of carbonyl (C=O) groups excluding carboxylic acids is 1. The van der Waals surface area contributed by atoms with Gasteiger partial charge in [0.25, 0.3) is 0 Å². The van der Waals surface area contributed by atoms with E-state index >= 15 is 0 Å². The Morgan fingerprint density at radius 3 is 2.85 bits per heavy atom. The lowest BCUT2D eigenvalue weighted by molar-refractivity contribution is -0.120. The molecule has 2 nitrogen and oxygen atoms in total. The molecule has 1 rings (SSSR count). The highest BCUT2D eigenvalue weighted by Gasteiger charge is 2.20. The van der Waals surface area contributed by atoms with Crippen molar-refractivity contribution in [2.75, 3.05) is 13.6 Å². The zero-order valence-corrected chi connectivity index (χ0v) is 8.88. The van der Waals surface area contributed by atoms with E-state index in [4.69, 9.17) is 0 Å². The van der Waals surface area contributed by atoms with Crippen LogP contribution < -0.4 is 0 Å². The number of hydrogen-bond acceptors (Lipinski definition) is 2. The van der Waals surface area contributed by atoms with Gasteiger partial charge in [-0.1, -0.05) is 13.3 Å². The lowest BCUT2D eigenvalue weighted by Gasteiger charge is -2.31. The summed E-state index contributed by atoms with van der Waals surface area (Å²) < 4.78 is 0. The second-order valence-corrected chi connectivity index (χ2v) is 4.12. The topological polar surface area (TPSA) is 20.3 Å². The van der Waals surface area contributed by atoms with E-state index in [0.717, 1.165) is 19.3 Å². The third-order valence-corrected chi connectivity index (χ3v) is 2.91. The number of likely N-dealkylation sites (tertiary alicyclic amines) is 1. The summed E-state index contributed by atoms with van der Waals surface area (Å²) >= 11 is 0. The van der Waals surface area contributed by atoms with Gasteiger partial charge in [0.05, 0.1) is 0 Å². The zero-order chi connectivity index (χ0) is 9.68. The highest BCUT2D eigenvalue weighted by Crippen LogP contribution is 2.18.